The van der Waals surface area contributed by atoms with Gasteiger partial charge in [-0.2, -0.15) is 0 Å². The van der Waals surface area contributed by atoms with E-state index in [9.17, 15) is 0 Å². The van der Waals surface area contributed by atoms with Crippen LogP contribution in [0.4, 0.5) is 5.69 Å². The third-order valence-electron chi connectivity index (χ3n) is 7.60. The summed E-state index contributed by atoms with van der Waals surface area (Å²) in [7, 11) is 0. The zero-order valence-electron chi connectivity index (χ0n) is 20.8. The van der Waals surface area contributed by atoms with Gasteiger partial charge in [-0.1, -0.05) is 97.1 Å². The molecule has 0 aliphatic carbocycles. The van der Waals surface area contributed by atoms with Crippen LogP contribution in [0, 0.1) is 6.57 Å². The minimum atomic E-state index is 0.638. The average molecular weight is 497 g/mol. The minimum absolute atomic E-state index is 0.638. The van der Waals surface area contributed by atoms with Crippen LogP contribution in [-0.2, 0) is 0 Å². The molecule has 0 aliphatic rings. The van der Waals surface area contributed by atoms with Crippen molar-refractivity contribution in [2.45, 2.75) is 0 Å². The lowest BCUT2D eigenvalue weighted by Crippen LogP contribution is -1.96. The van der Waals surface area contributed by atoms with Crippen LogP contribution in [0.25, 0.3) is 76.4 Å². The fourth-order valence-corrected chi connectivity index (χ4v) is 5.93. The molecule has 8 rings (SSSR count). The third-order valence-corrected chi connectivity index (χ3v) is 7.60. The summed E-state index contributed by atoms with van der Waals surface area (Å²) >= 11 is 0. The van der Waals surface area contributed by atoms with Gasteiger partial charge in [0.1, 0.15) is 16.7 Å². The van der Waals surface area contributed by atoms with E-state index in [0.29, 0.717) is 5.69 Å². The average Bonchev–Trinajstić information content (AvgIpc) is 3.40. The molecule has 0 radical (unpaired) electrons. The molecule has 3 aromatic heterocycles. The number of para-hydroxylation sites is 1. The number of pyridine rings is 2. The Bertz CT molecular complexity index is 2230. The molecule has 8 aromatic rings. The van der Waals surface area contributed by atoms with E-state index >= 15 is 0 Å². The Morgan fingerprint density at radius 1 is 0.564 bits per heavy atom. The van der Waals surface area contributed by atoms with Crippen LogP contribution in [0.3, 0.4) is 0 Å². The van der Waals surface area contributed by atoms with Gasteiger partial charge in [0.05, 0.1) is 17.8 Å². The molecule has 0 saturated heterocycles. The van der Waals surface area contributed by atoms with Crippen LogP contribution >= 0.6 is 0 Å². The topological polar surface area (TPSA) is 34.5 Å². The van der Waals surface area contributed by atoms with Gasteiger partial charge in [0.25, 0.3) is 0 Å². The van der Waals surface area contributed by atoms with Crippen LogP contribution in [0.2, 0.25) is 0 Å². The standard InChI is InChI=1S/C35H20N4/c1-36-23-19-17-22(18-20-23)31-24-10-2-4-12-26(24)32(27-13-5-3-11-25(27)31)34-35-33(28-14-6-7-15-29(28)37-34)38-30-16-8-9-21-39(30)35/h2-21H. The molecule has 0 spiro atoms. The van der Waals surface area contributed by atoms with E-state index in [0.717, 1.165) is 71.5 Å². The van der Waals surface area contributed by atoms with Gasteiger partial charge in [-0.05, 0) is 50.9 Å². The van der Waals surface area contributed by atoms with Crippen molar-refractivity contribution in [3.05, 3.63) is 133 Å². The summed E-state index contributed by atoms with van der Waals surface area (Å²) < 4.78 is 2.16. The van der Waals surface area contributed by atoms with Crippen molar-refractivity contribution in [1.29, 1.82) is 0 Å². The largest absolute Gasteiger partial charge is 0.298 e. The number of benzene rings is 5. The number of fused-ring (bicyclic) bond motifs is 7. The second-order valence-corrected chi connectivity index (χ2v) is 9.72. The van der Waals surface area contributed by atoms with E-state index in [1.807, 2.05) is 42.5 Å². The summed E-state index contributed by atoms with van der Waals surface area (Å²) in [5.74, 6) is 0. The molecule has 39 heavy (non-hydrogen) atoms. The first kappa shape index (κ1) is 21.5. The fourth-order valence-electron chi connectivity index (χ4n) is 5.93. The van der Waals surface area contributed by atoms with Crippen LogP contribution in [0.1, 0.15) is 0 Å². The monoisotopic (exact) mass is 496 g/mol. The smallest absolute Gasteiger partial charge is 0.187 e. The molecule has 4 nitrogen and oxygen atoms in total. The molecule has 0 atom stereocenters. The number of nitrogens with zero attached hydrogens (tertiary/aromatic N) is 4. The van der Waals surface area contributed by atoms with E-state index in [2.05, 4.69) is 88.2 Å². The quantitative estimate of drug-likeness (QED) is 0.177. The highest BCUT2D eigenvalue weighted by Crippen LogP contribution is 2.45. The number of imidazole rings is 1. The predicted molar refractivity (Wildman–Crippen MR) is 160 cm³/mol. The summed E-state index contributed by atoms with van der Waals surface area (Å²) in [5, 5.41) is 5.62. The summed E-state index contributed by atoms with van der Waals surface area (Å²) in [4.78, 5) is 14.0. The van der Waals surface area contributed by atoms with Gasteiger partial charge in [-0.25, -0.2) is 14.8 Å². The fraction of sp³-hybridized carbons (Fsp3) is 0. The van der Waals surface area contributed by atoms with Crippen molar-refractivity contribution >= 4 is 54.8 Å². The molecule has 3 heterocycles. The normalized spacial score (nSPS) is 11.6. The molecule has 4 heteroatoms. The number of aromatic nitrogens is 3. The summed E-state index contributed by atoms with van der Waals surface area (Å²) in [5.41, 5.74) is 8.70. The van der Waals surface area contributed by atoms with Crippen molar-refractivity contribution in [2.24, 2.45) is 0 Å². The van der Waals surface area contributed by atoms with E-state index < -0.39 is 0 Å². The van der Waals surface area contributed by atoms with E-state index in [-0.39, 0.29) is 0 Å². The molecule has 0 bridgehead atoms. The Morgan fingerprint density at radius 3 is 1.82 bits per heavy atom. The van der Waals surface area contributed by atoms with Gasteiger partial charge >= 0.3 is 0 Å². The molecule has 0 N–H and O–H groups in total. The van der Waals surface area contributed by atoms with Crippen molar-refractivity contribution in [3.8, 4) is 22.4 Å². The van der Waals surface area contributed by atoms with Gasteiger partial charge in [0, 0.05) is 17.1 Å². The van der Waals surface area contributed by atoms with Gasteiger partial charge < -0.3 is 0 Å². The van der Waals surface area contributed by atoms with E-state index in [1.165, 1.54) is 0 Å². The Balaban J connectivity index is 1.59. The van der Waals surface area contributed by atoms with E-state index in [4.69, 9.17) is 16.5 Å². The Labute approximate surface area is 224 Å². The lowest BCUT2D eigenvalue weighted by Gasteiger charge is -2.18. The summed E-state index contributed by atoms with van der Waals surface area (Å²) in [6, 6.07) is 39.4. The highest BCUT2D eigenvalue weighted by molar-refractivity contribution is 6.24. The first-order valence-electron chi connectivity index (χ1n) is 12.9. The second kappa shape index (κ2) is 8.24. The molecular formula is C35H20N4. The molecular weight excluding hydrogens is 476 g/mol. The molecule has 0 saturated carbocycles. The lowest BCUT2D eigenvalue weighted by atomic mass is 9.87. The van der Waals surface area contributed by atoms with Gasteiger partial charge in [0.15, 0.2) is 5.69 Å². The molecule has 0 unspecified atom stereocenters. The lowest BCUT2D eigenvalue weighted by molar-refractivity contribution is 1.22. The van der Waals surface area contributed by atoms with Crippen LogP contribution in [0.5, 0.6) is 0 Å². The Morgan fingerprint density at radius 2 is 1.15 bits per heavy atom. The number of hydrogen-bond acceptors (Lipinski definition) is 2. The molecule has 5 aromatic carbocycles. The molecule has 0 aliphatic heterocycles. The Hall–Kier alpha value is -5.53. The SMILES string of the molecule is [C-]#[N+]c1ccc(-c2c3ccccc3c(-c3nc4ccccc4c4nc5ccccn5c34)c3ccccc23)cc1. The third kappa shape index (κ3) is 3.11. The number of rotatable bonds is 2. The van der Waals surface area contributed by atoms with E-state index in [1.54, 1.807) is 0 Å². The molecule has 180 valence electrons. The maximum Gasteiger partial charge on any atom is 0.187 e. The van der Waals surface area contributed by atoms with Crippen LogP contribution in [-0.4, -0.2) is 14.4 Å². The molecule has 0 fully saturated rings. The molecule has 0 amide bonds. The zero-order valence-corrected chi connectivity index (χ0v) is 20.8. The van der Waals surface area contributed by atoms with Gasteiger partial charge in [-0.15, -0.1) is 0 Å². The van der Waals surface area contributed by atoms with Crippen LogP contribution < -0.4 is 0 Å². The van der Waals surface area contributed by atoms with Crippen molar-refractivity contribution in [2.75, 3.05) is 0 Å². The maximum absolute atomic E-state index is 7.38. The van der Waals surface area contributed by atoms with Gasteiger partial charge in [0.2, 0.25) is 0 Å². The predicted octanol–water partition coefficient (Wildman–Crippen LogP) is 9.23. The highest BCUT2D eigenvalue weighted by Gasteiger charge is 2.22. The van der Waals surface area contributed by atoms with Crippen molar-refractivity contribution < 1.29 is 0 Å². The van der Waals surface area contributed by atoms with Crippen LogP contribution in [0.15, 0.2) is 121 Å². The summed E-state index contributed by atoms with van der Waals surface area (Å²) in [6.45, 7) is 7.38. The van der Waals surface area contributed by atoms with Crippen molar-refractivity contribution in [3.63, 3.8) is 0 Å². The zero-order chi connectivity index (χ0) is 25.9. The van der Waals surface area contributed by atoms with Crippen molar-refractivity contribution in [1.82, 2.24) is 14.4 Å². The number of hydrogen-bond donors (Lipinski definition) is 0. The first-order chi connectivity index (χ1) is 19.3. The second-order valence-electron chi connectivity index (χ2n) is 9.72. The maximum atomic E-state index is 7.38. The van der Waals surface area contributed by atoms with Gasteiger partial charge in [-0.3, -0.25) is 4.40 Å². The summed E-state index contributed by atoms with van der Waals surface area (Å²) in [6.07, 6.45) is 2.07. The highest BCUT2D eigenvalue weighted by atomic mass is 15.0. The Kier molecular flexibility index (Phi) is 4.55. The first-order valence-corrected chi connectivity index (χ1v) is 12.9. The minimum Gasteiger partial charge on any atom is -0.298 e.